The molecule has 0 fully saturated rings. The van der Waals surface area contributed by atoms with Crippen LogP contribution in [0.3, 0.4) is 0 Å². The first-order valence-corrected chi connectivity index (χ1v) is 5.59. The molecule has 0 amide bonds. The van der Waals surface area contributed by atoms with E-state index in [4.69, 9.17) is 0 Å². The molecule has 5 nitrogen and oxygen atoms in total. The van der Waals surface area contributed by atoms with Gasteiger partial charge < -0.3 is 0 Å². The molecule has 0 spiro atoms. The van der Waals surface area contributed by atoms with Gasteiger partial charge in [-0.2, -0.15) is 0 Å². The van der Waals surface area contributed by atoms with Gasteiger partial charge in [-0.25, -0.2) is 0 Å². The van der Waals surface area contributed by atoms with Crippen LogP contribution < -0.4 is 0 Å². The zero-order valence-electron chi connectivity index (χ0n) is 8.94. The summed E-state index contributed by atoms with van der Waals surface area (Å²) in [5.41, 5.74) is 0.448. The second kappa shape index (κ2) is 5.16. The van der Waals surface area contributed by atoms with E-state index in [1.807, 2.05) is 0 Å². The third-order valence-electron chi connectivity index (χ3n) is 2.31. The second-order valence-electron chi connectivity index (χ2n) is 3.36. The van der Waals surface area contributed by atoms with Gasteiger partial charge in [-0.05, 0) is 22.9 Å². The summed E-state index contributed by atoms with van der Waals surface area (Å²) in [6.45, 7) is 3.52. The maximum atomic E-state index is 11.5. The molecule has 0 aliphatic rings. The monoisotopic (exact) mass is 286 g/mol. The van der Waals surface area contributed by atoms with Crippen molar-refractivity contribution in [1.29, 1.82) is 0 Å². The van der Waals surface area contributed by atoms with E-state index in [9.17, 15) is 14.9 Å². The van der Waals surface area contributed by atoms with Crippen molar-refractivity contribution in [1.82, 2.24) is 4.98 Å². The van der Waals surface area contributed by atoms with Crippen molar-refractivity contribution in [3.8, 4) is 0 Å². The Balaban J connectivity index is 3.08. The van der Waals surface area contributed by atoms with Crippen LogP contribution in [0.2, 0.25) is 0 Å². The van der Waals surface area contributed by atoms with Crippen molar-refractivity contribution in [3.05, 3.63) is 32.5 Å². The topological polar surface area (TPSA) is 73.1 Å². The molecule has 6 heteroatoms. The third kappa shape index (κ3) is 2.63. The first-order valence-electron chi connectivity index (χ1n) is 4.80. The van der Waals surface area contributed by atoms with Gasteiger partial charge in [0.15, 0.2) is 0 Å². The lowest BCUT2D eigenvalue weighted by atomic mass is 10.00. The van der Waals surface area contributed by atoms with Crippen molar-refractivity contribution >= 4 is 27.4 Å². The number of Topliss-reactive ketones (excluding diaryl/α,β-unsaturated/α-hetero) is 1. The van der Waals surface area contributed by atoms with E-state index in [0.29, 0.717) is 16.6 Å². The molecule has 16 heavy (non-hydrogen) atoms. The first-order chi connectivity index (χ1) is 7.47. The number of halogens is 1. The van der Waals surface area contributed by atoms with E-state index >= 15 is 0 Å². The molecule has 0 aromatic carbocycles. The molecule has 0 N–H and O–H groups in total. The number of nitrogens with zero attached hydrogens (tertiary/aromatic N) is 2. The highest BCUT2D eigenvalue weighted by molar-refractivity contribution is 9.10. The highest BCUT2D eigenvalue weighted by Gasteiger charge is 2.19. The largest absolute Gasteiger partial charge is 0.299 e. The molecule has 0 saturated carbocycles. The molecule has 0 saturated heterocycles. The molecular weight excluding hydrogens is 276 g/mol. The fraction of sp³-hybridized carbons (Fsp3) is 0.400. The van der Waals surface area contributed by atoms with E-state index in [-0.39, 0.29) is 17.4 Å². The molecule has 0 bridgehead atoms. The van der Waals surface area contributed by atoms with E-state index in [1.165, 1.54) is 12.3 Å². The highest BCUT2D eigenvalue weighted by atomic mass is 79.9. The Morgan fingerprint density at radius 3 is 2.75 bits per heavy atom. The minimum absolute atomic E-state index is 0.0575. The summed E-state index contributed by atoms with van der Waals surface area (Å²) in [6.07, 6.45) is 1.59. The van der Waals surface area contributed by atoms with Gasteiger partial charge in [0.25, 0.3) is 5.69 Å². The van der Waals surface area contributed by atoms with Crippen molar-refractivity contribution in [2.24, 2.45) is 0 Å². The van der Waals surface area contributed by atoms with Crippen LogP contribution in [0.1, 0.15) is 31.9 Å². The number of rotatable bonds is 4. The van der Waals surface area contributed by atoms with Gasteiger partial charge in [0, 0.05) is 17.0 Å². The van der Waals surface area contributed by atoms with Crippen LogP contribution in [0.25, 0.3) is 0 Å². The van der Waals surface area contributed by atoms with Gasteiger partial charge in [0.05, 0.1) is 16.5 Å². The van der Waals surface area contributed by atoms with E-state index < -0.39 is 4.92 Å². The lowest BCUT2D eigenvalue weighted by molar-refractivity contribution is -0.385. The zero-order chi connectivity index (χ0) is 12.3. The van der Waals surface area contributed by atoms with Crippen LogP contribution in [-0.4, -0.2) is 15.7 Å². The summed E-state index contributed by atoms with van der Waals surface area (Å²) in [7, 11) is 0. The fourth-order valence-electron chi connectivity index (χ4n) is 1.32. The van der Waals surface area contributed by atoms with Gasteiger partial charge in [0.1, 0.15) is 12.0 Å². The molecule has 1 atom stereocenters. The minimum Gasteiger partial charge on any atom is -0.299 e. The third-order valence-corrected chi connectivity index (χ3v) is 2.94. The Morgan fingerprint density at radius 2 is 2.31 bits per heavy atom. The lowest BCUT2D eigenvalue weighted by Crippen LogP contribution is -2.10. The average molecular weight is 287 g/mol. The summed E-state index contributed by atoms with van der Waals surface area (Å²) in [5.74, 6) is -0.290. The van der Waals surface area contributed by atoms with Crippen LogP contribution in [-0.2, 0) is 4.79 Å². The Labute approximate surface area is 101 Å². The first kappa shape index (κ1) is 12.8. The number of ketones is 1. The smallest absolute Gasteiger partial charge is 0.288 e. The summed E-state index contributed by atoms with van der Waals surface area (Å²) >= 11 is 3.19. The van der Waals surface area contributed by atoms with Crippen molar-refractivity contribution < 1.29 is 9.72 Å². The quantitative estimate of drug-likeness (QED) is 0.630. The Morgan fingerprint density at radius 1 is 1.69 bits per heavy atom. The predicted molar refractivity (Wildman–Crippen MR) is 62.3 cm³/mol. The lowest BCUT2D eigenvalue weighted by Gasteiger charge is -2.09. The number of carbonyl (C=O) groups is 1. The molecule has 1 aromatic rings. The molecule has 0 radical (unpaired) electrons. The van der Waals surface area contributed by atoms with Crippen LogP contribution in [0, 0.1) is 10.1 Å². The van der Waals surface area contributed by atoms with Crippen LogP contribution in [0.4, 0.5) is 5.69 Å². The molecule has 86 valence electrons. The van der Waals surface area contributed by atoms with Gasteiger partial charge in [-0.15, -0.1) is 0 Å². The average Bonchev–Trinajstić information content (AvgIpc) is 2.26. The van der Waals surface area contributed by atoms with Gasteiger partial charge in [-0.3, -0.25) is 19.9 Å². The Hall–Kier alpha value is -1.30. The molecule has 0 aliphatic heterocycles. The number of pyridine rings is 1. The Kier molecular flexibility index (Phi) is 4.12. The summed E-state index contributed by atoms with van der Waals surface area (Å²) in [6, 6.07) is 1.36. The predicted octanol–water partition coefficient (Wildman–Crippen LogP) is 2.83. The second-order valence-corrected chi connectivity index (χ2v) is 4.21. The number of aromatic nitrogens is 1. The number of nitro groups is 1. The maximum Gasteiger partial charge on any atom is 0.288 e. The van der Waals surface area contributed by atoms with E-state index in [1.54, 1.807) is 13.8 Å². The summed E-state index contributed by atoms with van der Waals surface area (Å²) in [5, 5.41) is 10.5. The molecule has 1 rings (SSSR count). The van der Waals surface area contributed by atoms with E-state index in [0.717, 1.165) is 0 Å². The van der Waals surface area contributed by atoms with E-state index in [2.05, 4.69) is 20.9 Å². The highest BCUT2D eigenvalue weighted by Crippen LogP contribution is 2.27. The zero-order valence-corrected chi connectivity index (χ0v) is 10.5. The number of hydrogen-bond donors (Lipinski definition) is 0. The fourth-order valence-corrected chi connectivity index (χ4v) is 2.00. The van der Waals surface area contributed by atoms with Crippen molar-refractivity contribution in [3.63, 3.8) is 0 Å². The van der Waals surface area contributed by atoms with Crippen LogP contribution in [0.15, 0.2) is 16.7 Å². The minimum atomic E-state index is -0.520. The summed E-state index contributed by atoms with van der Waals surface area (Å²) < 4.78 is 0.496. The number of carbonyl (C=O) groups excluding carboxylic acids is 1. The maximum absolute atomic E-state index is 11.5. The molecule has 1 unspecified atom stereocenters. The number of hydrogen-bond acceptors (Lipinski definition) is 4. The van der Waals surface area contributed by atoms with Crippen molar-refractivity contribution in [2.75, 3.05) is 0 Å². The van der Waals surface area contributed by atoms with Crippen molar-refractivity contribution in [2.45, 2.75) is 26.2 Å². The standard InChI is InChI=1S/C10H11BrN2O3/c1-3-9(14)6(2)10-8(11)4-7(5-12-10)13(15)16/h4-6H,3H2,1-2H3. The van der Waals surface area contributed by atoms with Crippen LogP contribution in [0.5, 0.6) is 0 Å². The molecule has 1 heterocycles. The normalized spacial score (nSPS) is 12.2. The van der Waals surface area contributed by atoms with Crippen LogP contribution >= 0.6 is 15.9 Å². The summed E-state index contributed by atoms with van der Waals surface area (Å²) in [4.78, 5) is 25.4. The molecular formula is C10H11BrN2O3. The van der Waals surface area contributed by atoms with Gasteiger partial charge in [-0.1, -0.05) is 6.92 Å². The SMILES string of the molecule is CCC(=O)C(C)c1ncc([N+](=O)[O-])cc1Br. The van der Waals surface area contributed by atoms with Gasteiger partial charge in [0.2, 0.25) is 0 Å². The molecule has 0 aliphatic carbocycles. The Bertz CT molecular complexity index is 434. The van der Waals surface area contributed by atoms with Gasteiger partial charge >= 0.3 is 0 Å². The molecule has 1 aromatic heterocycles.